The third kappa shape index (κ3) is 3.19. The van der Waals surface area contributed by atoms with Crippen LogP contribution in [0.2, 0.25) is 5.02 Å². The molecule has 1 N–H and O–H groups in total. The molecule has 2 aromatic rings. The smallest absolute Gasteiger partial charge is 0.146 e. The Bertz CT molecular complexity index is 568. The number of aromatic nitrogens is 2. The minimum absolute atomic E-state index is 0.147. The van der Waals surface area contributed by atoms with Crippen LogP contribution in [-0.4, -0.2) is 16.3 Å². The molecule has 2 rings (SSSR count). The lowest BCUT2D eigenvalue weighted by atomic mass is 10.0. The lowest BCUT2D eigenvalue weighted by Crippen LogP contribution is -2.24. The number of rotatable bonds is 6. The topological polar surface area (TPSA) is 29.9 Å². The molecular weight excluding hydrogens is 277 g/mol. The van der Waals surface area contributed by atoms with Crippen LogP contribution in [0.5, 0.6) is 0 Å². The molecule has 1 atom stereocenters. The summed E-state index contributed by atoms with van der Waals surface area (Å²) >= 11 is 5.89. The summed E-state index contributed by atoms with van der Waals surface area (Å²) in [5.74, 6) is -0.369. The van der Waals surface area contributed by atoms with Gasteiger partial charge in [-0.3, -0.25) is 4.68 Å². The number of hydrogen-bond acceptors (Lipinski definition) is 2. The van der Waals surface area contributed by atoms with Gasteiger partial charge in [-0.05, 0) is 26.0 Å². The molecule has 1 aromatic heterocycles. The number of nitrogens with zero attached hydrogens (tertiary/aromatic N) is 2. The van der Waals surface area contributed by atoms with Gasteiger partial charge in [0.15, 0.2) is 0 Å². The number of benzene rings is 1. The fraction of sp³-hybridized carbons (Fsp3) is 0.400. The predicted octanol–water partition coefficient (Wildman–Crippen LogP) is 3.78. The predicted molar refractivity (Wildman–Crippen MR) is 79.4 cm³/mol. The molecule has 5 heteroatoms. The maximum atomic E-state index is 14.3. The molecule has 1 aromatic carbocycles. The maximum Gasteiger partial charge on any atom is 0.146 e. The molecule has 3 nitrogen and oxygen atoms in total. The summed E-state index contributed by atoms with van der Waals surface area (Å²) in [5, 5.41) is 7.76. The first-order valence-electron chi connectivity index (χ1n) is 6.87. The second kappa shape index (κ2) is 6.86. The number of aryl methyl sites for hydroxylation is 1. The van der Waals surface area contributed by atoms with Crippen molar-refractivity contribution >= 4 is 11.6 Å². The van der Waals surface area contributed by atoms with E-state index in [2.05, 4.69) is 17.3 Å². The zero-order valence-electron chi connectivity index (χ0n) is 11.7. The summed E-state index contributed by atoms with van der Waals surface area (Å²) in [6.45, 7) is 5.69. The molecule has 0 aliphatic carbocycles. The molecule has 0 saturated carbocycles. The molecule has 0 radical (unpaired) electrons. The van der Waals surface area contributed by atoms with Gasteiger partial charge in [0.2, 0.25) is 0 Å². The molecule has 20 heavy (non-hydrogen) atoms. The fourth-order valence-electron chi connectivity index (χ4n) is 2.14. The molecule has 0 bridgehead atoms. The Labute approximate surface area is 123 Å². The van der Waals surface area contributed by atoms with Gasteiger partial charge in [-0.1, -0.05) is 30.7 Å². The van der Waals surface area contributed by atoms with Crippen LogP contribution in [0.4, 0.5) is 4.39 Å². The van der Waals surface area contributed by atoms with Gasteiger partial charge in [0.05, 0.1) is 17.3 Å². The van der Waals surface area contributed by atoms with Crippen molar-refractivity contribution in [3.63, 3.8) is 0 Å². The molecule has 0 aliphatic rings. The standard InChI is InChI=1S/C15H19ClFN3/c1-3-8-18-15(11-9-19-20(4-2)10-11)12-6-5-7-13(16)14(12)17/h5-7,9-10,15,18H,3-4,8H2,1-2H3. The van der Waals surface area contributed by atoms with E-state index in [1.165, 1.54) is 0 Å². The van der Waals surface area contributed by atoms with Crippen LogP contribution in [0, 0.1) is 5.82 Å². The lowest BCUT2D eigenvalue weighted by molar-refractivity contribution is 0.546. The molecule has 1 heterocycles. The van der Waals surface area contributed by atoms with Gasteiger partial charge >= 0.3 is 0 Å². The first-order chi connectivity index (χ1) is 9.67. The Kier molecular flexibility index (Phi) is 5.15. The van der Waals surface area contributed by atoms with E-state index in [1.54, 1.807) is 24.4 Å². The van der Waals surface area contributed by atoms with E-state index in [0.29, 0.717) is 5.56 Å². The van der Waals surface area contributed by atoms with Crippen molar-refractivity contribution in [1.82, 2.24) is 15.1 Å². The molecule has 1 unspecified atom stereocenters. The summed E-state index contributed by atoms with van der Waals surface area (Å²) in [5.41, 5.74) is 1.50. The van der Waals surface area contributed by atoms with Crippen LogP contribution < -0.4 is 5.32 Å². The fourth-order valence-corrected chi connectivity index (χ4v) is 2.32. The van der Waals surface area contributed by atoms with Crippen LogP contribution in [0.25, 0.3) is 0 Å². The normalized spacial score (nSPS) is 12.6. The highest BCUT2D eigenvalue weighted by atomic mass is 35.5. The molecule has 108 valence electrons. The Morgan fingerprint density at radius 1 is 1.40 bits per heavy atom. The molecule has 0 fully saturated rings. The molecule has 0 amide bonds. The van der Waals surface area contributed by atoms with E-state index in [-0.39, 0.29) is 16.9 Å². The second-order valence-corrected chi connectivity index (χ2v) is 5.07. The first kappa shape index (κ1) is 15.0. The highest BCUT2D eigenvalue weighted by molar-refractivity contribution is 6.30. The van der Waals surface area contributed by atoms with Gasteiger partial charge in [-0.2, -0.15) is 5.10 Å². The van der Waals surface area contributed by atoms with E-state index >= 15 is 0 Å². The van der Waals surface area contributed by atoms with Crippen LogP contribution in [0.1, 0.15) is 37.4 Å². The van der Waals surface area contributed by atoms with Crippen LogP contribution in [-0.2, 0) is 6.54 Å². The highest BCUT2D eigenvalue weighted by Crippen LogP contribution is 2.28. The van der Waals surface area contributed by atoms with Gasteiger partial charge in [0, 0.05) is 23.9 Å². The van der Waals surface area contributed by atoms with E-state index in [1.807, 2.05) is 17.8 Å². The van der Waals surface area contributed by atoms with Gasteiger partial charge < -0.3 is 5.32 Å². The van der Waals surface area contributed by atoms with Crippen LogP contribution >= 0.6 is 11.6 Å². The molecule has 0 saturated heterocycles. The summed E-state index contributed by atoms with van der Waals surface area (Å²) in [6, 6.07) is 4.87. The third-order valence-electron chi connectivity index (χ3n) is 3.20. The molecule has 0 aliphatic heterocycles. The van der Waals surface area contributed by atoms with Crippen molar-refractivity contribution in [1.29, 1.82) is 0 Å². The van der Waals surface area contributed by atoms with Crippen molar-refractivity contribution in [3.05, 3.63) is 52.6 Å². The van der Waals surface area contributed by atoms with E-state index < -0.39 is 0 Å². The summed E-state index contributed by atoms with van der Waals surface area (Å²) in [6.07, 6.45) is 4.69. The van der Waals surface area contributed by atoms with Crippen molar-refractivity contribution in [3.8, 4) is 0 Å². The van der Waals surface area contributed by atoms with Crippen LogP contribution in [0.3, 0.4) is 0 Å². The summed E-state index contributed by atoms with van der Waals surface area (Å²) in [7, 11) is 0. The maximum absolute atomic E-state index is 14.3. The van der Waals surface area contributed by atoms with E-state index in [0.717, 1.165) is 25.1 Å². The van der Waals surface area contributed by atoms with Gasteiger partial charge in [-0.25, -0.2) is 4.39 Å². The van der Waals surface area contributed by atoms with Gasteiger partial charge in [0.1, 0.15) is 5.82 Å². The number of hydrogen-bond donors (Lipinski definition) is 1. The van der Waals surface area contributed by atoms with Gasteiger partial charge in [-0.15, -0.1) is 0 Å². The summed E-state index contributed by atoms with van der Waals surface area (Å²) < 4.78 is 16.1. The zero-order chi connectivity index (χ0) is 14.5. The van der Waals surface area contributed by atoms with Crippen molar-refractivity contribution in [2.75, 3.05) is 6.54 Å². The van der Waals surface area contributed by atoms with E-state index in [9.17, 15) is 4.39 Å². The highest BCUT2D eigenvalue weighted by Gasteiger charge is 2.20. The Hall–Kier alpha value is -1.39. The molecule has 0 spiro atoms. The average molecular weight is 296 g/mol. The first-order valence-corrected chi connectivity index (χ1v) is 7.24. The largest absolute Gasteiger partial charge is 0.306 e. The minimum Gasteiger partial charge on any atom is -0.306 e. The number of nitrogens with one attached hydrogen (secondary N) is 1. The Morgan fingerprint density at radius 2 is 2.20 bits per heavy atom. The quantitative estimate of drug-likeness (QED) is 0.879. The average Bonchev–Trinajstić information content (AvgIpc) is 2.92. The van der Waals surface area contributed by atoms with Crippen LogP contribution in [0.15, 0.2) is 30.6 Å². The summed E-state index contributed by atoms with van der Waals surface area (Å²) in [4.78, 5) is 0. The Morgan fingerprint density at radius 3 is 2.85 bits per heavy atom. The van der Waals surface area contributed by atoms with Crippen molar-refractivity contribution in [2.24, 2.45) is 0 Å². The second-order valence-electron chi connectivity index (χ2n) is 4.66. The minimum atomic E-state index is -0.369. The third-order valence-corrected chi connectivity index (χ3v) is 3.49. The SMILES string of the molecule is CCCNC(c1cnn(CC)c1)c1cccc(Cl)c1F. The van der Waals surface area contributed by atoms with Crippen molar-refractivity contribution in [2.45, 2.75) is 32.9 Å². The Balaban J connectivity index is 2.38. The van der Waals surface area contributed by atoms with Crippen molar-refractivity contribution < 1.29 is 4.39 Å². The van der Waals surface area contributed by atoms with E-state index in [4.69, 9.17) is 11.6 Å². The number of halogens is 2. The monoisotopic (exact) mass is 295 g/mol. The zero-order valence-corrected chi connectivity index (χ0v) is 12.5. The lowest BCUT2D eigenvalue weighted by Gasteiger charge is -2.18. The van der Waals surface area contributed by atoms with Gasteiger partial charge in [0.25, 0.3) is 0 Å². The molecular formula is C15H19ClFN3.